The smallest absolute Gasteiger partial charge is 0.274 e. The summed E-state index contributed by atoms with van der Waals surface area (Å²) in [6.07, 6.45) is 1.19. The number of halogens is 2. The largest absolute Gasteiger partial charge is 0.333 e. The van der Waals surface area contributed by atoms with Crippen LogP contribution in [-0.4, -0.2) is 40.7 Å². The molecule has 0 radical (unpaired) electrons. The van der Waals surface area contributed by atoms with Crippen LogP contribution in [0.2, 0.25) is 0 Å². The molecular formula is C30H42F2N2O3. The molecule has 0 N–H and O–H groups in total. The van der Waals surface area contributed by atoms with E-state index >= 15 is 0 Å². The topological polar surface area (TPSA) is 57.7 Å². The maximum atomic E-state index is 13.3. The number of carbonyl (C=O) groups excluding carboxylic acids is 3. The molecular weight excluding hydrogens is 474 g/mol. The number of barbiturate groups is 1. The van der Waals surface area contributed by atoms with Crippen LogP contribution in [0.4, 0.5) is 13.6 Å². The van der Waals surface area contributed by atoms with Crippen LogP contribution in [-0.2, 0) is 20.4 Å². The van der Waals surface area contributed by atoms with Gasteiger partial charge in [-0.25, -0.2) is 13.6 Å². The third kappa shape index (κ3) is 7.70. The highest BCUT2D eigenvalue weighted by atomic mass is 19.1. The third-order valence-electron chi connectivity index (χ3n) is 6.32. The lowest BCUT2D eigenvalue weighted by Gasteiger charge is -2.38. The summed E-state index contributed by atoms with van der Waals surface area (Å²) in [5, 5.41) is 0. The van der Waals surface area contributed by atoms with Crippen molar-refractivity contribution >= 4 is 17.8 Å². The van der Waals surface area contributed by atoms with Gasteiger partial charge in [-0.1, -0.05) is 79.7 Å². The van der Waals surface area contributed by atoms with E-state index in [1.165, 1.54) is 24.3 Å². The quantitative estimate of drug-likeness (QED) is 0.381. The fourth-order valence-electron chi connectivity index (χ4n) is 4.17. The summed E-state index contributed by atoms with van der Waals surface area (Å²) >= 11 is 0. The van der Waals surface area contributed by atoms with Crippen molar-refractivity contribution in [1.82, 2.24) is 9.80 Å². The summed E-state index contributed by atoms with van der Waals surface area (Å²) in [4.78, 5) is 40.6. The maximum absolute atomic E-state index is 13.3. The van der Waals surface area contributed by atoms with Gasteiger partial charge in [-0.05, 0) is 48.2 Å². The Bertz CT molecular complexity index is 960. The third-order valence-corrected chi connectivity index (χ3v) is 6.32. The van der Waals surface area contributed by atoms with E-state index in [0.29, 0.717) is 0 Å². The zero-order chi connectivity index (χ0) is 28.4. The molecule has 37 heavy (non-hydrogen) atoms. The number of hydrogen-bond donors (Lipinski definition) is 0. The van der Waals surface area contributed by atoms with Crippen molar-refractivity contribution in [3.8, 4) is 0 Å². The Hall–Kier alpha value is -3.09. The van der Waals surface area contributed by atoms with E-state index in [1.807, 2.05) is 55.4 Å². The molecule has 2 aromatic carbocycles. The fourth-order valence-corrected chi connectivity index (χ4v) is 4.17. The minimum atomic E-state index is -0.634. The van der Waals surface area contributed by atoms with Crippen molar-refractivity contribution in [2.24, 2.45) is 0 Å². The molecule has 2 aromatic rings. The second-order valence-electron chi connectivity index (χ2n) is 9.10. The second kappa shape index (κ2) is 14.0. The van der Waals surface area contributed by atoms with Crippen LogP contribution < -0.4 is 0 Å². The molecule has 2 aliphatic rings. The van der Waals surface area contributed by atoms with Crippen LogP contribution in [0.25, 0.3) is 0 Å². The lowest BCUT2D eigenvalue weighted by molar-refractivity contribution is -0.143. The maximum Gasteiger partial charge on any atom is 0.333 e. The summed E-state index contributed by atoms with van der Waals surface area (Å²) in [5.74, 6) is -1.76. The Balaban J connectivity index is 0.00000106. The normalized spacial score (nSPS) is 16.0. The monoisotopic (exact) mass is 516 g/mol. The number of hydrogen-bond acceptors (Lipinski definition) is 3. The van der Waals surface area contributed by atoms with Crippen molar-refractivity contribution in [2.75, 3.05) is 13.1 Å². The molecule has 2 fully saturated rings. The number of rotatable bonds is 6. The molecule has 1 saturated heterocycles. The molecule has 5 nitrogen and oxygen atoms in total. The first-order chi connectivity index (χ1) is 17.6. The van der Waals surface area contributed by atoms with Gasteiger partial charge in [0.1, 0.15) is 18.1 Å². The predicted molar refractivity (Wildman–Crippen MR) is 144 cm³/mol. The molecule has 0 unspecified atom stereocenters. The predicted octanol–water partition coefficient (Wildman–Crippen LogP) is 7.23. The van der Waals surface area contributed by atoms with Crippen molar-refractivity contribution in [3.05, 3.63) is 71.3 Å². The average molecular weight is 517 g/mol. The van der Waals surface area contributed by atoms with E-state index in [4.69, 9.17) is 0 Å². The molecule has 4 rings (SSSR count). The second-order valence-corrected chi connectivity index (χ2v) is 9.10. The van der Waals surface area contributed by atoms with Gasteiger partial charge in [0.25, 0.3) is 0 Å². The van der Waals surface area contributed by atoms with E-state index in [9.17, 15) is 23.2 Å². The number of benzene rings is 2. The molecule has 1 aliphatic carbocycles. The minimum absolute atomic E-state index is 0.0730. The molecule has 0 bridgehead atoms. The number of imide groups is 2. The lowest BCUT2D eigenvalue weighted by atomic mass is 9.84. The van der Waals surface area contributed by atoms with Gasteiger partial charge in [-0.2, -0.15) is 0 Å². The van der Waals surface area contributed by atoms with Gasteiger partial charge in [0, 0.05) is 23.9 Å². The van der Waals surface area contributed by atoms with E-state index in [2.05, 4.69) is 0 Å². The molecule has 7 heteroatoms. The summed E-state index contributed by atoms with van der Waals surface area (Å²) in [6.45, 7) is 16.0. The molecule has 0 atom stereocenters. The summed E-state index contributed by atoms with van der Waals surface area (Å²) in [7, 11) is 0. The van der Waals surface area contributed by atoms with Gasteiger partial charge >= 0.3 is 6.03 Å². The van der Waals surface area contributed by atoms with Gasteiger partial charge in [-0.3, -0.25) is 19.4 Å². The van der Waals surface area contributed by atoms with Crippen molar-refractivity contribution in [1.29, 1.82) is 0 Å². The van der Waals surface area contributed by atoms with E-state index in [-0.39, 0.29) is 31.1 Å². The Morgan fingerprint density at radius 2 is 1.16 bits per heavy atom. The van der Waals surface area contributed by atoms with Crippen LogP contribution in [0, 0.1) is 11.6 Å². The van der Waals surface area contributed by atoms with Gasteiger partial charge in [0.05, 0.1) is 0 Å². The van der Waals surface area contributed by atoms with Crippen LogP contribution >= 0.6 is 0 Å². The first-order valence-electron chi connectivity index (χ1n) is 13.3. The summed E-state index contributed by atoms with van der Waals surface area (Å²) < 4.78 is 26.6. The molecule has 1 saturated carbocycles. The van der Waals surface area contributed by atoms with Crippen molar-refractivity contribution in [2.45, 2.75) is 85.5 Å². The SMILES string of the molecule is CC.CC.CC.CC(C)(CN1C(=O)CC(=O)N(CC2(c3ccc(F)cc3)CC2)C1=O)c1ccc(F)cc1. The van der Waals surface area contributed by atoms with Crippen LogP contribution in [0.1, 0.15) is 85.8 Å². The zero-order valence-electron chi connectivity index (χ0n) is 23.5. The van der Waals surface area contributed by atoms with E-state index in [1.54, 1.807) is 24.3 Å². The number of carbonyl (C=O) groups is 3. The number of nitrogens with zero attached hydrogens (tertiary/aromatic N) is 2. The van der Waals surface area contributed by atoms with E-state index in [0.717, 1.165) is 33.8 Å². The minimum Gasteiger partial charge on any atom is -0.274 e. The Morgan fingerprint density at radius 1 is 0.730 bits per heavy atom. The van der Waals surface area contributed by atoms with Crippen LogP contribution in [0.15, 0.2) is 48.5 Å². The Morgan fingerprint density at radius 3 is 1.62 bits per heavy atom. The molecule has 0 aromatic heterocycles. The molecule has 204 valence electrons. The Labute approximate surface area is 220 Å². The van der Waals surface area contributed by atoms with Gasteiger partial charge in [0.15, 0.2) is 0 Å². The van der Waals surface area contributed by atoms with Crippen LogP contribution in [0.3, 0.4) is 0 Å². The first kappa shape index (κ1) is 31.9. The fraction of sp³-hybridized carbons (Fsp3) is 0.500. The molecule has 1 aliphatic heterocycles. The lowest BCUT2D eigenvalue weighted by Crippen LogP contribution is -2.58. The van der Waals surface area contributed by atoms with E-state index < -0.39 is 28.7 Å². The summed E-state index contributed by atoms with van der Waals surface area (Å²) in [6, 6.07) is 11.4. The van der Waals surface area contributed by atoms with Gasteiger partial charge in [0.2, 0.25) is 11.8 Å². The number of amides is 4. The highest BCUT2D eigenvalue weighted by molar-refractivity contribution is 6.14. The molecule has 1 heterocycles. The summed E-state index contributed by atoms with van der Waals surface area (Å²) in [5.41, 5.74) is 0.643. The highest BCUT2D eigenvalue weighted by Crippen LogP contribution is 2.49. The highest BCUT2D eigenvalue weighted by Gasteiger charge is 2.50. The van der Waals surface area contributed by atoms with Gasteiger partial charge in [-0.15, -0.1) is 0 Å². The standard InChI is InChI=1S/C24H24F2N2O3.3C2H6/c1-23(2,16-3-7-18(25)8-4-16)14-27-20(29)13-21(30)28(22(27)31)15-24(11-12-24)17-5-9-19(26)10-6-17;3*1-2/h3-10H,11-15H2,1-2H3;3*1-2H3. The average Bonchev–Trinajstić information content (AvgIpc) is 3.69. The van der Waals surface area contributed by atoms with Crippen molar-refractivity contribution < 1.29 is 23.2 Å². The number of urea groups is 1. The molecule has 0 spiro atoms. The first-order valence-corrected chi connectivity index (χ1v) is 13.3. The van der Waals surface area contributed by atoms with Gasteiger partial charge < -0.3 is 0 Å². The Kier molecular flexibility index (Phi) is 12.1. The van der Waals surface area contributed by atoms with Crippen molar-refractivity contribution in [3.63, 3.8) is 0 Å². The molecule has 4 amide bonds. The van der Waals surface area contributed by atoms with Crippen LogP contribution in [0.5, 0.6) is 0 Å². The zero-order valence-corrected chi connectivity index (χ0v) is 23.5.